The Labute approximate surface area is 158 Å². The highest BCUT2D eigenvalue weighted by molar-refractivity contribution is 5.86. The molecule has 0 N–H and O–H groups in total. The molecule has 136 valence electrons. The summed E-state index contributed by atoms with van der Waals surface area (Å²) in [7, 11) is 3.29. The molecule has 1 aliphatic heterocycles. The summed E-state index contributed by atoms with van der Waals surface area (Å²) in [6, 6.07) is 18.3. The lowest BCUT2D eigenvalue weighted by Gasteiger charge is -2.23. The van der Waals surface area contributed by atoms with Crippen molar-refractivity contribution in [3.05, 3.63) is 71.3 Å². The molecule has 0 fully saturated rings. The highest BCUT2D eigenvalue weighted by Gasteiger charge is 2.27. The molecule has 2 unspecified atom stereocenters. The van der Waals surface area contributed by atoms with E-state index in [1.165, 1.54) is 0 Å². The van der Waals surface area contributed by atoms with E-state index in [0.717, 1.165) is 27.5 Å². The predicted molar refractivity (Wildman–Crippen MR) is 104 cm³/mol. The molecule has 3 aromatic rings. The minimum absolute atomic E-state index is 0.192. The third-order valence-electron chi connectivity index (χ3n) is 4.87. The molecular weight excluding hydrogens is 340 g/mol. The van der Waals surface area contributed by atoms with Gasteiger partial charge < -0.3 is 18.9 Å². The van der Waals surface area contributed by atoms with Crippen molar-refractivity contribution < 1.29 is 18.9 Å². The first-order valence-electron chi connectivity index (χ1n) is 8.69. The number of ether oxygens (including phenoxy) is 4. The van der Waals surface area contributed by atoms with Gasteiger partial charge in [-0.2, -0.15) is 0 Å². The van der Waals surface area contributed by atoms with Crippen LogP contribution < -0.4 is 9.47 Å². The highest BCUT2D eigenvalue weighted by Crippen LogP contribution is 2.42. The van der Waals surface area contributed by atoms with Crippen molar-refractivity contribution in [3.63, 3.8) is 0 Å². The van der Waals surface area contributed by atoms with Crippen LogP contribution in [0, 0.1) is 12.3 Å². The van der Waals surface area contributed by atoms with Gasteiger partial charge in [-0.05, 0) is 34.0 Å². The van der Waals surface area contributed by atoms with Gasteiger partial charge in [-0.15, -0.1) is 6.42 Å². The van der Waals surface area contributed by atoms with E-state index in [1.807, 2.05) is 30.3 Å². The van der Waals surface area contributed by atoms with Crippen LogP contribution in [0.3, 0.4) is 0 Å². The molecule has 0 radical (unpaired) electrons. The van der Waals surface area contributed by atoms with Gasteiger partial charge in [-0.25, -0.2) is 0 Å². The SMILES string of the molecule is C#CC(OC)c1cc2c(cc1C(OC)c1cccc3ccccc13)OCO2. The molecule has 0 saturated heterocycles. The molecule has 4 heteroatoms. The largest absolute Gasteiger partial charge is 0.454 e. The van der Waals surface area contributed by atoms with Crippen LogP contribution in [-0.4, -0.2) is 21.0 Å². The first-order valence-corrected chi connectivity index (χ1v) is 8.69. The van der Waals surface area contributed by atoms with E-state index in [1.54, 1.807) is 14.2 Å². The maximum absolute atomic E-state index is 5.95. The Hall–Kier alpha value is -3.00. The van der Waals surface area contributed by atoms with E-state index in [9.17, 15) is 0 Å². The van der Waals surface area contributed by atoms with E-state index in [-0.39, 0.29) is 12.9 Å². The van der Waals surface area contributed by atoms with Crippen molar-refractivity contribution in [2.45, 2.75) is 12.2 Å². The Morgan fingerprint density at radius 3 is 2.30 bits per heavy atom. The van der Waals surface area contributed by atoms with Gasteiger partial charge in [0.15, 0.2) is 11.5 Å². The summed E-state index contributed by atoms with van der Waals surface area (Å²) >= 11 is 0. The number of hydrogen-bond donors (Lipinski definition) is 0. The zero-order valence-corrected chi connectivity index (χ0v) is 15.3. The van der Waals surface area contributed by atoms with Gasteiger partial charge in [0.1, 0.15) is 12.2 Å². The van der Waals surface area contributed by atoms with Gasteiger partial charge in [0.2, 0.25) is 6.79 Å². The average Bonchev–Trinajstić information content (AvgIpc) is 3.17. The Kier molecular flexibility index (Phi) is 4.72. The Balaban J connectivity index is 1.93. The number of benzene rings is 3. The summed E-state index contributed by atoms with van der Waals surface area (Å²) < 4.78 is 22.6. The lowest BCUT2D eigenvalue weighted by molar-refractivity contribution is 0.124. The van der Waals surface area contributed by atoms with E-state index in [0.29, 0.717) is 11.5 Å². The molecule has 0 spiro atoms. The maximum atomic E-state index is 5.95. The van der Waals surface area contributed by atoms with Crippen LogP contribution in [0.15, 0.2) is 54.6 Å². The molecule has 4 rings (SSSR count). The molecular formula is C23H20O4. The average molecular weight is 360 g/mol. The number of hydrogen-bond acceptors (Lipinski definition) is 4. The van der Waals surface area contributed by atoms with Gasteiger partial charge in [0, 0.05) is 19.8 Å². The van der Waals surface area contributed by atoms with E-state index >= 15 is 0 Å². The third kappa shape index (κ3) is 3.02. The first kappa shape index (κ1) is 17.4. The summed E-state index contributed by atoms with van der Waals surface area (Å²) in [6.45, 7) is 0.192. The van der Waals surface area contributed by atoms with Crippen LogP contribution in [0.5, 0.6) is 11.5 Å². The molecule has 3 aromatic carbocycles. The zero-order chi connectivity index (χ0) is 18.8. The first-order chi connectivity index (χ1) is 13.3. The van der Waals surface area contributed by atoms with Crippen molar-refractivity contribution in [2.24, 2.45) is 0 Å². The lowest BCUT2D eigenvalue weighted by atomic mass is 9.90. The topological polar surface area (TPSA) is 36.9 Å². The van der Waals surface area contributed by atoms with Crippen molar-refractivity contribution >= 4 is 10.8 Å². The third-order valence-corrected chi connectivity index (χ3v) is 4.87. The fourth-order valence-corrected chi connectivity index (χ4v) is 3.61. The smallest absolute Gasteiger partial charge is 0.231 e. The highest BCUT2D eigenvalue weighted by atomic mass is 16.7. The van der Waals surface area contributed by atoms with Crippen LogP contribution in [0.2, 0.25) is 0 Å². The van der Waals surface area contributed by atoms with Gasteiger partial charge in [0.05, 0.1) is 0 Å². The minimum Gasteiger partial charge on any atom is -0.454 e. The second kappa shape index (κ2) is 7.32. The fraction of sp³-hybridized carbons (Fsp3) is 0.217. The van der Waals surface area contributed by atoms with E-state index in [2.05, 4.69) is 30.2 Å². The molecule has 4 nitrogen and oxygen atoms in total. The molecule has 0 aromatic heterocycles. The molecule has 1 aliphatic rings. The summed E-state index contributed by atoms with van der Waals surface area (Å²) in [5.74, 6) is 4.04. The summed E-state index contributed by atoms with van der Waals surface area (Å²) in [5.41, 5.74) is 2.80. The zero-order valence-electron chi connectivity index (χ0n) is 15.3. The fourth-order valence-electron chi connectivity index (χ4n) is 3.61. The molecule has 0 bridgehead atoms. The van der Waals surface area contributed by atoms with Crippen LogP contribution in [0.25, 0.3) is 10.8 Å². The quantitative estimate of drug-likeness (QED) is 0.622. The van der Waals surface area contributed by atoms with Crippen LogP contribution in [-0.2, 0) is 9.47 Å². The van der Waals surface area contributed by atoms with Crippen molar-refractivity contribution in [3.8, 4) is 23.8 Å². The normalized spacial score (nSPS) is 14.7. The molecule has 0 amide bonds. The predicted octanol–water partition coefficient (Wildman–Crippen LogP) is 4.63. The molecule has 2 atom stereocenters. The van der Waals surface area contributed by atoms with Crippen LogP contribution in [0.1, 0.15) is 28.9 Å². The van der Waals surface area contributed by atoms with Crippen molar-refractivity contribution in [1.29, 1.82) is 0 Å². The number of methoxy groups -OCH3 is 2. The van der Waals surface area contributed by atoms with E-state index in [4.69, 9.17) is 25.4 Å². The van der Waals surface area contributed by atoms with Gasteiger partial charge in [0.25, 0.3) is 0 Å². The monoisotopic (exact) mass is 360 g/mol. The Morgan fingerprint density at radius 1 is 0.889 bits per heavy atom. The standard InChI is InChI=1S/C23H20O4/c1-4-20(24-2)18-12-21-22(27-14-26-21)13-19(18)23(25-3)17-11-7-9-15-8-5-6-10-16(15)17/h1,5-13,20,23H,14H2,2-3H3. The number of terminal acetylenes is 1. The number of fused-ring (bicyclic) bond motifs is 2. The van der Waals surface area contributed by atoms with Crippen LogP contribution in [0.4, 0.5) is 0 Å². The molecule has 0 aliphatic carbocycles. The Morgan fingerprint density at radius 2 is 1.59 bits per heavy atom. The maximum Gasteiger partial charge on any atom is 0.231 e. The summed E-state index contributed by atoms with van der Waals surface area (Å²) in [6.07, 6.45) is 4.87. The molecule has 0 saturated carbocycles. The summed E-state index contributed by atoms with van der Waals surface area (Å²) in [5, 5.41) is 2.28. The molecule has 1 heterocycles. The Bertz CT molecular complexity index is 1010. The minimum atomic E-state index is -0.512. The van der Waals surface area contributed by atoms with Crippen LogP contribution >= 0.6 is 0 Å². The second-order valence-electron chi connectivity index (χ2n) is 6.30. The van der Waals surface area contributed by atoms with Crippen molar-refractivity contribution in [1.82, 2.24) is 0 Å². The molecule has 27 heavy (non-hydrogen) atoms. The van der Waals surface area contributed by atoms with Crippen molar-refractivity contribution in [2.75, 3.05) is 21.0 Å². The lowest BCUT2D eigenvalue weighted by Crippen LogP contribution is -2.11. The second-order valence-corrected chi connectivity index (χ2v) is 6.30. The number of rotatable bonds is 5. The van der Waals surface area contributed by atoms with Gasteiger partial charge in [-0.1, -0.05) is 48.4 Å². The van der Waals surface area contributed by atoms with E-state index < -0.39 is 6.10 Å². The van der Waals surface area contributed by atoms with Gasteiger partial charge >= 0.3 is 0 Å². The summed E-state index contributed by atoms with van der Waals surface area (Å²) in [4.78, 5) is 0. The van der Waals surface area contributed by atoms with Gasteiger partial charge in [-0.3, -0.25) is 0 Å².